The Hall–Kier alpha value is -2.75. The highest BCUT2D eigenvalue weighted by Gasteiger charge is 2.25. The van der Waals surface area contributed by atoms with E-state index in [1.807, 2.05) is 24.3 Å². The van der Waals surface area contributed by atoms with Crippen molar-refractivity contribution in [3.05, 3.63) is 78.4 Å². The Balaban J connectivity index is 1.57. The highest BCUT2D eigenvalue weighted by Crippen LogP contribution is 2.29. The zero-order valence-electron chi connectivity index (χ0n) is 18.3. The standard InChI is InChI=1S/C27H29F3O/c1-26(2,3)24-14-10-22(11-15-24)20-6-8-21(9-7-20)23-12-16-25(17-13-23)31-19-5-4-18-27(28,29)30/h6-17H,4-5,18-19H2,1-3H3. The lowest BCUT2D eigenvalue weighted by molar-refractivity contribution is -0.135. The molecular weight excluding hydrogens is 397 g/mol. The third kappa shape index (κ3) is 6.88. The highest BCUT2D eigenvalue weighted by molar-refractivity contribution is 5.70. The van der Waals surface area contributed by atoms with Crippen molar-refractivity contribution < 1.29 is 17.9 Å². The molecule has 0 spiro atoms. The Morgan fingerprint density at radius 3 is 1.45 bits per heavy atom. The molecule has 1 nitrogen and oxygen atoms in total. The molecule has 164 valence electrons. The lowest BCUT2D eigenvalue weighted by Gasteiger charge is -2.19. The zero-order valence-corrected chi connectivity index (χ0v) is 18.3. The molecule has 0 heterocycles. The predicted molar refractivity (Wildman–Crippen MR) is 121 cm³/mol. The van der Waals surface area contributed by atoms with Gasteiger partial charge < -0.3 is 4.74 Å². The van der Waals surface area contributed by atoms with Crippen molar-refractivity contribution in [1.29, 1.82) is 0 Å². The van der Waals surface area contributed by atoms with Gasteiger partial charge in [-0.15, -0.1) is 0 Å². The number of alkyl halides is 3. The third-order valence-corrected chi connectivity index (χ3v) is 5.28. The summed E-state index contributed by atoms with van der Waals surface area (Å²) in [6.45, 7) is 6.92. The number of unbranched alkanes of at least 4 members (excludes halogenated alkanes) is 1. The highest BCUT2D eigenvalue weighted by atomic mass is 19.4. The first-order valence-corrected chi connectivity index (χ1v) is 10.6. The average molecular weight is 427 g/mol. The summed E-state index contributed by atoms with van der Waals surface area (Å²) in [6.07, 6.45) is -4.37. The second-order valence-electron chi connectivity index (χ2n) is 8.85. The van der Waals surface area contributed by atoms with Crippen LogP contribution in [0, 0.1) is 0 Å². The SMILES string of the molecule is CC(C)(C)c1ccc(-c2ccc(-c3ccc(OCCCCC(F)(F)F)cc3)cc2)cc1. The summed E-state index contributed by atoms with van der Waals surface area (Å²) >= 11 is 0. The van der Waals surface area contributed by atoms with Gasteiger partial charge in [-0.3, -0.25) is 0 Å². The summed E-state index contributed by atoms with van der Waals surface area (Å²) in [7, 11) is 0. The molecule has 0 amide bonds. The van der Waals surface area contributed by atoms with Crippen LogP contribution in [-0.2, 0) is 5.41 Å². The van der Waals surface area contributed by atoms with E-state index in [-0.39, 0.29) is 18.4 Å². The summed E-state index contributed by atoms with van der Waals surface area (Å²) < 4.78 is 42.0. The summed E-state index contributed by atoms with van der Waals surface area (Å²) in [6, 6.07) is 24.8. The van der Waals surface area contributed by atoms with Gasteiger partial charge in [0.05, 0.1) is 6.61 Å². The van der Waals surface area contributed by atoms with Crippen LogP contribution in [0.2, 0.25) is 0 Å². The minimum absolute atomic E-state index is 0.0901. The molecule has 0 saturated heterocycles. The van der Waals surface area contributed by atoms with E-state index < -0.39 is 12.6 Å². The van der Waals surface area contributed by atoms with Crippen molar-refractivity contribution in [2.45, 2.75) is 51.6 Å². The van der Waals surface area contributed by atoms with E-state index in [2.05, 4.69) is 69.3 Å². The zero-order chi connectivity index (χ0) is 22.5. The molecule has 0 saturated carbocycles. The molecule has 0 aliphatic rings. The number of hydrogen-bond donors (Lipinski definition) is 0. The van der Waals surface area contributed by atoms with Crippen molar-refractivity contribution in [2.24, 2.45) is 0 Å². The quantitative estimate of drug-likeness (QED) is 0.345. The van der Waals surface area contributed by atoms with Gasteiger partial charge in [0.15, 0.2) is 0 Å². The Kier molecular flexibility index (Phi) is 7.09. The van der Waals surface area contributed by atoms with Gasteiger partial charge in [0.25, 0.3) is 0 Å². The minimum atomic E-state index is -4.09. The van der Waals surface area contributed by atoms with Crippen molar-refractivity contribution in [2.75, 3.05) is 6.61 Å². The van der Waals surface area contributed by atoms with Crippen LogP contribution in [-0.4, -0.2) is 12.8 Å². The number of benzene rings is 3. The first-order valence-electron chi connectivity index (χ1n) is 10.6. The van der Waals surface area contributed by atoms with Gasteiger partial charge in [0.1, 0.15) is 5.75 Å². The maximum atomic E-state index is 12.2. The van der Waals surface area contributed by atoms with E-state index in [1.54, 1.807) is 0 Å². The Labute approximate surface area is 182 Å². The fourth-order valence-corrected chi connectivity index (χ4v) is 3.38. The summed E-state index contributed by atoms with van der Waals surface area (Å²) in [5, 5.41) is 0. The fourth-order valence-electron chi connectivity index (χ4n) is 3.38. The van der Waals surface area contributed by atoms with E-state index >= 15 is 0 Å². The van der Waals surface area contributed by atoms with E-state index in [0.717, 1.165) is 11.1 Å². The molecule has 31 heavy (non-hydrogen) atoms. The first kappa shape index (κ1) is 22.9. The van der Waals surface area contributed by atoms with Gasteiger partial charge >= 0.3 is 6.18 Å². The van der Waals surface area contributed by atoms with Gasteiger partial charge in [0.2, 0.25) is 0 Å². The molecular formula is C27H29F3O. The maximum Gasteiger partial charge on any atom is 0.389 e. The molecule has 0 bridgehead atoms. The van der Waals surface area contributed by atoms with E-state index in [9.17, 15) is 13.2 Å². The maximum absolute atomic E-state index is 12.2. The van der Waals surface area contributed by atoms with E-state index in [4.69, 9.17) is 4.74 Å². The predicted octanol–water partition coefficient (Wildman–Crippen LogP) is 8.43. The average Bonchev–Trinajstić information content (AvgIpc) is 2.73. The molecule has 0 fully saturated rings. The smallest absolute Gasteiger partial charge is 0.389 e. The second kappa shape index (κ2) is 9.59. The molecule has 3 rings (SSSR count). The van der Waals surface area contributed by atoms with Crippen molar-refractivity contribution in [1.82, 2.24) is 0 Å². The number of halogens is 3. The van der Waals surface area contributed by atoms with Crippen LogP contribution >= 0.6 is 0 Å². The van der Waals surface area contributed by atoms with Crippen LogP contribution in [0.3, 0.4) is 0 Å². The summed E-state index contributed by atoms with van der Waals surface area (Å²) in [5.41, 5.74) is 5.99. The summed E-state index contributed by atoms with van der Waals surface area (Å²) in [5.74, 6) is 0.673. The molecule has 0 N–H and O–H groups in total. The monoisotopic (exact) mass is 426 g/mol. The molecule has 0 atom stereocenters. The molecule has 0 aliphatic heterocycles. The van der Waals surface area contributed by atoms with Gasteiger partial charge in [-0.25, -0.2) is 0 Å². The molecule has 3 aromatic rings. The first-order chi connectivity index (χ1) is 14.6. The number of ether oxygens (including phenoxy) is 1. The molecule has 4 heteroatoms. The second-order valence-corrected chi connectivity index (χ2v) is 8.85. The summed E-state index contributed by atoms with van der Waals surface area (Å²) in [4.78, 5) is 0. The topological polar surface area (TPSA) is 9.23 Å². The van der Waals surface area contributed by atoms with Crippen LogP contribution in [0.15, 0.2) is 72.8 Å². The number of hydrogen-bond acceptors (Lipinski definition) is 1. The fraction of sp³-hybridized carbons (Fsp3) is 0.333. The van der Waals surface area contributed by atoms with Crippen molar-refractivity contribution in [3.63, 3.8) is 0 Å². The van der Waals surface area contributed by atoms with Crippen LogP contribution in [0.4, 0.5) is 13.2 Å². The molecule has 0 unspecified atom stereocenters. The Bertz CT molecular complexity index is 948. The lowest BCUT2D eigenvalue weighted by Crippen LogP contribution is -2.10. The van der Waals surface area contributed by atoms with Crippen LogP contribution < -0.4 is 4.74 Å². The third-order valence-electron chi connectivity index (χ3n) is 5.28. The molecule has 0 aromatic heterocycles. The van der Waals surface area contributed by atoms with Gasteiger partial charge in [-0.05, 0) is 58.2 Å². The molecule has 0 aliphatic carbocycles. The minimum Gasteiger partial charge on any atom is -0.494 e. The number of rotatable bonds is 7. The lowest BCUT2D eigenvalue weighted by atomic mass is 9.86. The van der Waals surface area contributed by atoms with Crippen LogP contribution in [0.25, 0.3) is 22.3 Å². The molecule has 0 radical (unpaired) electrons. The van der Waals surface area contributed by atoms with Crippen LogP contribution in [0.1, 0.15) is 45.6 Å². The molecule has 3 aromatic carbocycles. The largest absolute Gasteiger partial charge is 0.494 e. The van der Waals surface area contributed by atoms with Crippen LogP contribution in [0.5, 0.6) is 5.75 Å². The van der Waals surface area contributed by atoms with Gasteiger partial charge in [-0.2, -0.15) is 13.2 Å². The van der Waals surface area contributed by atoms with Gasteiger partial charge in [-0.1, -0.05) is 81.4 Å². The van der Waals surface area contributed by atoms with Crippen molar-refractivity contribution >= 4 is 0 Å². The Morgan fingerprint density at radius 1 is 0.613 bits per heavy atom. The van der Waals surface area contributed by atoms with Crippen molar-refractivity contribution in [3.8, 4) is 28.0 Å². The van der Waals surface area contributed by atoms with E-state index in [0.29, 0.717) is 12.2 Å². The normalized spacial score (nSPS) is 12.1. The Morgan fingerprint density at radius 2 is 1.03 bits per heavy atom. The van der Waals surface area contributed by atoms with E-state index in [1.165, 1.54) is 16.7 Å². The van der Waals surface area contributed by atoms with Gasteiger partial charge in [0, 0.05) is 6.42 Å².